The van der Waals surface area contributed by atoms with Gasteiger partial charge in [0.2, 0.25) is 0 Å². The number of aromatic nitrogens is 5. The van der Waals surface area contributed by atoms with Crippen LogP contribution in [0.15, 0.2) is 58.5 Å². The van der Waals surface area contributed by atoms with E-state index in [-0.39, 0.29) is 11.5 Å². The third-order valence-electron chi connectivity index (χ3n) is 5.44. The third-order valence-corrected chi connectivity index (χ3v) is 5.44. The second-order valence-corrected chi connectivity index (χ2v) is 7.41. The fourth-order valence-corrected chi connectivity index (χ4v) is 3.81. The van der Waals surface area contributed by atoms with Gasteiger partial charge >= 0.3 is 5.63 Å². The number of anilines is 1. The van der Waals surface area contributed by atoms with Crippen molar-refractivity contribution in [2.24, 2.45) is 0 Å². The van der Waals surface area contributed by atoms with Gasteiger partial charge in [0.05, 0.1) is 6.61 Å². The lowest BCUT2D eigenvalue weighted by atomic mass is 10.1. The van der Waals surface area contributed by atoms with Gasteiger partial charge < -0.3 is 19.0 Å². The molecule has 0 spiro atoms. The van der Waals surface area contributed by atoms with Crippen LogP contribution in [0.5, 0.6) is 5.75 Å². The summed E-state index contributed by atoms with van der Waals surface area (Å²) in [5.74, 6) is 1.47. The number of rotatable bonds is 5. The molecule has 33 heavy (non-hydrogen) atoms. The Morgan fingerprint density at radius 3 is 2.67 bits per heavy atom. The first-order valence-electron chi connectivity index (χ1n) is 10.5. The molecule has 0 aliphatic carbocycles. The van der Waals surface area contributed by atoms with Crippen LogP contribution < -0.4 is 15.3 Å². The standard InChI is InChI=1S/C22H21N7O4/c1-2-32-17-5-3-4-15-10-16(22(31)33-20(15)17)21(30)28-8-6-27(7-9-28)18-11-19(25-13-24-18)29-14-23-12-26-29/h3-5,10-14H,2,6-9H2,1H3. The van der Waals surface area contributed by atoms with E-state index in [9.17, 15) is 9.59 Å². The lowest BCUT2D eigenvalue weighted by Crippen LogP contribution is -2.49. The molecule has 168 valence electrons. The Balaban J connectivity index is 1.32. The summed E-state index contributed by atoms with van der Waals surface area (Å²) in [6.07, 6.45) is 4.48. The van der Waals surface area contributed by atoms with Crippen molar-refractivity contribution in [2.75, 3.05) is 37.7 Å². The summed E-state index contributed by atoms with van der Waals surface area (Å²) in [6.45, 7) is 4.31. The first kappa shape index (κ1) is 20.6. The van der Waals surface area contributed by atoms with E-state index in [0.29, 0.717) is 55.3 Å². The van der Waals surface area contributed by atoms with Crippen molar-refractivity contribution in [3.63, 3.8) is 0 Å². The van der Waals surface area contributed by atoms with Crippen LogP contribution in [0.1, 0.15) is 17.3 Å². The molecule has 1 aliphatic heterocycles. The van der Waals surface area contributed by atoms with Crippen molar-refractivity contribution >= 4 is 22.7 Å². The highest BCUT2D eigenvalue weighted by Crippen LogP contribution is 2.25. The lowest BCUT2D eigenvalue weighted by molar-refractivity contribution is 0.0742. The molecular weight excluding hydrogens is 426 g/mol. The van der Waals surface area contributed by atoms with E-state index >= 15 is 0 Å². The van der Waals surface area contributed by atoms with Crippen LogP contribution >= 0.6 is 0 Å². The maximum Gasteiger partial charge on any atom is 0.349 e. The van der Waals surface area contributed by atoms with Gasteiger partial charge in [0, 0.05) is 37.6 Å². The van der Waals surface area contributed by atoms with E-state index in [0.717, 1.165) is 5.82 Å². The Morgan fingerprint density at radius 1 is 1.09 bits per heavy atom. The molecule has 1 fully saturated rings. The molecule has 4 aromatic rings. The monoisotopic (exact) mass is 447 g/mol. The fraction of sp³-hybridized carbons (Fsp3) is 0.273. The topological polar surface area (TPSA) is 119 Å². The van der Waals surface area contributed by atoms with Crippen molar-refractivity contribution in [1.29, 1.82) is 0 Å². The summed E-state index contributed by atoms with van der Waals surface area (Å²) in [5.41, 5.74) is -0.312. The Kier molecular flexibility index (Phi) is 5.43. The van der Waals surface area contributed by atoms with Gasteiger partial charge in [-0.1, -0.05) is 12.1 Å². The number of nitrogens with zero attached hydrogens (tertiary/aromatic N) is 7. The van der Waals surface area contributed by atoms with E-state index in [1.807, 2.05) is 13.0 Å². The zero-order valence-corrected chi connectivity index (χ0v) is 17.9. The zero-order valence-electron chi connectivity index (χ0n) is 17.9. The summed E-state index contributed by atoms with van der Waals surface area (Å²) in [6, 6.07) is 8.72. The van der Waals surface area contributed by atoms with E-state index < -0.39 is 5.63 Å². The van der Waals surface area contributed by atoms with Crippen molar-refractivity contribution in [3.05, 3.63) is 65.3 Å². The van der Waals surface area contributed by atoms with E-state index in [4.69, 9.17) is 9.15 Å². The number of carbonyl (C=O) groups is 1. The molecule has 0 atom stereocenters. The number of para-hydroxylation sites is 1. The van der Waals surface area contributed by atoms with Gasteiger partial charge in [-0.2, -0.15) is 5.10 Å². The minimum atomic E-state index is -0.671. The Hall–Kier alpha value is -4.28. The lowest BCUT2D eigenvalue weighted by Gasteiger charge is -2.35. The molecule has 0 unspecified atom stereocenters. The molecular formula is C22H21N7O4. The van der Waals surface area contributed by atoms with Gasteiger partial charge in [0.25, 0.3) is 5.91 Å². The van der Waals surface area contributed by atoms with E-state index in [1.54, 1.807) is 40.2 Å². The molecule has 11 heteroatoms. The zero-order chi connectivity index (χ0) is 22.8. The molecule has 0 bridgehead atoms. The largest absolute Gasteiger partial charge is 0.490 e. The summed E-state index contributed by atoms with van der Waals surface area (Å²) >= 11 is 0. The fourth-order valence-electron chi connectivity index (χ4n) is 3.81. The number of carbonyl (C=O) groups excluding carboxylic acids is 1. The SMILES string of the molecule is CCOc1cccc2cc(C(=O)N3CCN(c4cc(-n5cncn5)ncn4)CC3)c(=O)oc12. The van der Waals surface area contributed by atoms with E-state index in [1.165, 1.54) is 12.7 Å². The van der Waals surface area contributed by atoms with E-state index in [2.05, 4.69) is 25.0 Å². The predicted octanol–water partition coefficient (Wildman–Crippen LogP) is 1.52. The van der Waals surface area contributed by atoms with Crippen LogP contribution in [0.2, 0.25) is 0 Å². The van der Waals surface area contributed by atoms with Crippen LogP contribution in [-0.4, -0.2) is 68.3 Å². The molecule has 5 rings (SSSR count). The molecule has 11 nitrogen and oxygen atoms in total. The number of fused-ring (bicyclic) bond motifs is 1. The molecule has 1 amide bonds. The maximum atomic E-state index is 13.1. The van der Waals surface area contributed by atoms with Crippen molar-refractivity contribution in [3.8, 4) is 11.6 Å². The number of piperazine rings is 1. The average Bonchev–Trinajstić information content (AvgIpc) is 3.39. The van der Waals surface area contributed by atoms with Gasteiger partial charge in [-0.05, 0) is 19.1 Å². The van der Waals surface area contributed by atoms with Crippen LogP contribution in [0.25, 0.3) is 16.8 Å². The van der Waals surface area contributed by atoms with Gasteiger partial charge in [0.15, 0.2) is 17.2 Å². The van der Waals surface area contributed by atoms with Crippen LogP contribution in [0, 0.1) is 0 Å². The summed E-state index contributed by atoms with van der Waals surface area (Å²) in [5, 5.41) is 4.73. The molecule has 1 saturated heterocycles. The Labute approximate surface area is 188 Å². The normalized spacial score (nSPS) is 14.0. The molecule has 0 radical (unpaired) electrons. The summed E-state index contributed by atoms with van der Waals surface area (Å²) in [7, 11) is 0. The highest BCUT2D eigenvalue weighted by Gasteiger charge is 2.26. The first-order chi connectivity index (χ1) is 16.1. The molecule has 0 N–H and O–H groups in total. The number of benzene rings is 1. The van der Waals surface area contributed by atoms with Crippen molar-refractivity contribution < 1.29 is 13.9 Å². The summed E-state index contributed by atoms with van der Waals surface area (Å²) in [4.78, 5) is 41.9. The second-order valence-electron chi connectivity index (χ2n) is 7.41. The molecule has 4 heterocycles. The number of hydrogen-bond donors (Lipinski definition) is 0. The molecule has 0 saturated carbocycles. The number of hydrogen-bond acceptors (Lipinski definition) is 9. The minimum absolute atomic E-state index is 0.0140. The van der Waals surface area contributed by atoms with Gasteiger partial charge in [0.1, 0.15) is 30.4 Å². The molecule has 3 aromatic heterocycles. The van der Waals surface area contributed by atoms with Crippen molar-refractivity contribution in [1.82, 2.24) is 29.6 Å². The minimum Gasteiger partial charge on any atom is -0.490 e. The molecule has 1 aliphatic rings. The Morgan fingerprint density at radius 2 is 1.91 bits per heavy atom. The highest BCUT2D eigenvalue weighted by atomic mass is 16.5. The van der Waals surface area contributed by atoms with Crippen LogP contribution in [0.4, 0.5) is 5.82 Å². The van der Waals surface area contributed by atoms with Gasteiger partial charge in [-0.25, -0.2) is 24.4 Å². The van der Waals surface area contributed by atoms with Crippen LogP contribution in [0.3, 0.4) is 0 Å². The van der Waals surface area contributed by atoms with Crippen LogP contribution in [-0.2, 0) is 0 Å². The first-order valence-corrected chi connectivity index (χ1v) is 10.5. The summed E-state index contributed by atoms with van der Waals surface area (Å²) < 4.78 is 12.5. The highest BCUT2D eigenvalue weighted by molar-refractivity contribution is 5.97. The third kappa shape index (κ3) is 4.00. The van der Waals surface area contributed by atoms with Crippen molar-refractivity contribution in [2.45, 2.75) is 6.92 Å². The smallest absolute Gasteiger partial charge is 0.349 e. The second kappa shape index (κ2) is 8.69. The maximum absolute atomic E-state index is 13.1. The predicted molar refractivity (Wildman–Crippen MR) is 119 cm³/mol. The van der Waals surface area contributed by atoms with Gasteiger partial charge in [-0.3, -0.25) is 4.79 Å². The molecule has 1 aromatic carbocycles. The number of amides is 1. The average molecular weight is 447 g/mol. The quantitative estimate of drug-likeness (QED) is 0.419. The Bertz CT molecular complexity index is 1340. The van der Waals surface area contributed by atoms with Gasteiger partial charge in [-0.15, -0.1) is 0 Å². The number of ether oxygens (including phenoxy) is 1.